The van der Waals surface area contributed by atoms with Crippen LogP contribution < -0.4 is 0 Å². The number of carbonyl (C=O) groups is 2. The van der Waals surface area contributed by atoms with Gasteiger partial charge in [0.1, 0.15) is 0 Å². The zero-order chi connectivity index (χ0) is 14.2. The maximum atomic E-state index is 12.6. The second-order valence-corrected chi connectivity index (χ2v) is 5.27. The van der Waals surface area contributed by atoms with Crippen molar-refractivity contribution in [1.82, 2.24) is 9.61 Å². The summed E-state index contributed by atoms with van der Waals surface area (Å²) in [5.74, 6) is -1.17. The number of rotatable bonds is 4. The van der Waals surface area contributed by atoms with Gasteiger partial charge in [-0.25, -0.2) is 4.52 Å². The van der Waals surface area contributed by atoms with Gasteiger partial charge in [0.2, 0.25) is 0 Å². The molecule has 5 nitrogen and oxygen atoms in total. The third kappa shape index (κ3) is 2.36. The fourth-order valence-electron chi connectivity index (χ4n) is 2.19. The molecule has 0 atom stereocenters. The van der Waals surface area contributed by atoms with E-state index >= 15 is 0 Å². The minimum Gasteiger partial charge on any atom is -0.481 e. The number of pyridine rings is 1. The van der Waals surface area contributed by atoms with Gasteiger partial charge in [-0.3, -0.25) is 9.59 Å². The zero-order valence-electron chi connectivity index (χ0n) is 11.2. The fraction of sp³-hybridized carbons (Fsp3) is 0.357. The van der Waals surface area contributed by atoms with E-state index in [2.05, 4.69) is 5.10 Å². The summed E-state index contributed by atoms with van der Waals surface area (Å²) in [5.41, 5.74) is 0.889. The molecule has 2 aromatic heterocycles. The molecule has 5 heteroatoms. The predicted octanol–water partition coefficient (Wildman–Crippen LogP) is 2.33. The summed E-state index contributed by atoms with van der Waals surface area (Å²) in [7, 11) is 0. The van der Waals surface area contributed by atoms with Gasteiger partial charge in [-0.15, -0.1) is 0 Å². The van der Waals surface area contributed by atoms with E-state index in [0.29, 0.717) is 16.8 Å². The van der Waals surface area contributed by atoms with Crippen molar-refractivity contribution in [3.05, 3.63) is 35.7 Å². The molecule has 1 N–H and O–H groups in total. The molecule has 2 rings (SSSR count). The molecule has 0 aromatic carbocycles. The third-order valence-corrected chi connectivity index (χ3v) is 3.15. The van der Waals surface area contributed by atoms with E-state index in [4.69, 9.17) is 5.11 Å². The number of Topliss-reactive ketones (excluding diaryl/α,β-unsaturated/α-hetero) is 1. The number of carboxylic acid groups (broad SMARTS) is 1. The highest BCUT2D eigenvalue weighted by molar-refractivity contribution is 6.07. The van der Waals surface area contributed by atoms with Crippen molar-refractivity contribution in [3.8, 4) is 0 Å². The number of hydrogen-bond acceptors (Lipinski definition) is 3. The largest absolute Gasteiger partial charge is 0.481 e. The Morgan fingerprint density at radius 2 is 2.05 bits per heavy atom. The van der Waals surface area contributed by atoms with Gasteiger partial charge in [0.05, 0.1) is 23.2 Å². The van der Waals surface area contributed by atoms with Gasteiger partial charge in [-0.05, 0) is 19.1 Å². The number of aryl methyl sites for hydroxylation is 1. The van der Waals surface area contributed by atoms with E-state index < -0.39 is 11.4 Å². The van der Waals surface area contributed by atoms with Crippen LogP contribution in [0.3, 0.4) is 0 Å². The first-order valence-electron chi connectivity index (χ1n) is 6.03. The summed E-state index contributed by atoms with van der Waals surface area (Å²) in [4.78, 5) is 23.4. The van der Waals surface area contributed by atoms with Crippen molar-refractivity contribution in [3.63, 3.8) is 0 Å². The second kappa shape index (κ2) is 4.50. The molecule has 0 saturated heterocycles. The van der Waals surface area contributed by atoms with Crippen molar-refractivity contribution in [2.45, 2.75) is 27.2 Å². The molecule has 0 amide bonds. The highest BCUT2D eigenvalue weighted by Gasteiger charge is 2.34. The fourth-order valence-corrected chi connectivity index (χ4v) is 2.19. The number of aromatic nitrogens is 2. The van der Waals surface area contributed by atoms with Crippen LogP contribution in [0.1, 0.15) is 36.3 Å². The average Bonchev–Trinajstić information content (AvgIpc) is 2.62. The van der Waals surface area contributed by atoms with Crippen molar-refractivity contribution in [1.29, 1.82) is 0 Å². The molecule has 0 aliphatic heterocycles. The molecule has 19 heavy (non-hydrogen) atoms. The van der Waals surface area contributed by atoms with Gasteiger partial charge in [0.25, 0.3) is 0 Å². The molecular formula is C14H16N2O3. The summed E-state index contributed by atoms with van der Waals surface area (Å²) in [6.45, 7) is 5.06. The van der Waals surface area contributed by atoms with Crippen LogP contribution in [0.4, 0.5) is 0 Å². The molecular weight excluding hydrogens is 244 g/mol. The predicted molar refractivity (Wildman–Crippen MR) is 70.3 cm³/mol. The van der Waals surface area contributed by atoms with Crippen LogP contribution in [0, 0.1) is 12.3 Å². The molecule has 0 unspecified atom stereocenters. The van der Waals surface area contributed by atoms with Crippen molar-refractivity contribution < 1.29 is 14.7 Å². The zero-order valence-corrected chi connectivity index (χ0v) is 11.2. The Morgan fingerprint density at radius 1 is 1.37 bits per heavy atom. The molecule has 2 heterocycles. The SMILES string of the molecule is Cc1nn2ccccc2c1C(=O)C(C)(C)CC(=O)O. The maximum Gasteiger partial charge on any atom is 0.304 e. The van der Waals surface area contributed by atoms with Crippen LogP contribution in [0.2, 0.25) is 0 Å². The molecule has 0 fully saturated rings. The normalized spacial score (nSPS) is 11.7. The highest BCUT2D eigenvalue weighted by Crippen LogP contribution is 2.29. The topological polar surface area (TPSA) is 71.7 Å². The Balaban J connectivity index is 2.52. The first kappa shape index (κ1) is 13.3. The van der Waals surface area contributed by atoms with Crippen LogP contribution in [0.5, 0.6) is 0 Å². The van der Waals surface area contributed by atoms with E-state index in [-0.39, 0.29) is 12.2 Å². The van der Waals surface area contributed by atoms with Crippen LogP contribution in [0.25, 0.3) is 5.52 Å². The first-order valence-corrected chi connectivity index (χ1v) is 6.03. The lowest BCUT2D eigenvalue weighted by atomic mass is 9.81. The van der Waals surface area contributed by atoms with Gasteiger partial charge < -0.3 is 5.11 Å². The molecule has 100 valence electrons. The van der Waals surface area contributed by atoms with Gasteiger partial charge in [0, 0.05) is 11.6 Å². The van der Waals surface area contributed by atoms with Crippen molar-refractivity contribution in [2.75, 3.05) is 0 Å². The lowest BCUT2D eigenvalue weighted by Crippen LogP contribution is -2.27. The smallest absolute Gasteiger partial charge is 0.304 e. The first-order chi connectivity index (χ1) is 8.83. The van der Waals surface area contributed by atoms with Gasteiger partial charge in [-0.2, -0.15) is 5.10 Å². The highest BCUT2D eigenvalue weighted by atomic mass is 16.4. The minimum atomic E-state index is -0.979. The van der Waals surface area contributed by atoms with Gasteiger partial charge >= 0.3 is 5.97 Å². The lowest BCUT2D eigenvalue weighted by Gasteiger charge is -2.20. The number of carboxylic acids is 1. The van der Waals surface area contributed by atoms with Crippen LogP contribution in [0.15, 0.2) is 24.4 Å². The van der Waals surface area contributed by atoms with E-state index in [1.807, 2.05) is 18.2 Å². The maximum absolute atomic E-state index is 12.6. The Labute approximate surface area is 110 Å². The van der Waals surface area contributed by atoms with Crippen LogP contribution in [-0.4, -0.2) is 26.5 Å². The summed E-state index contributed by atoms with van der Waals surface area (Å²) >= 11 is 0. The number of ketones is 1. The summed E-state index contributed by atoms with van der Waals surface area (Å²) in [5, 5.41) is 13.2. The summed E-state index contributed by atoms with van der Waals surface area (Å²) < 4.78 is 1.64. The minimum absolute atomic E-state index is 0.186. The molecule has 0 aliphatic carbocycles. The van der Waals surface area contributed by atoms with E-state index in [0.717, 1.165) is 0 Å². The third-order valence-electron chi connectivity index (χ3n) is 3.15. The Bertz CT molecular complexity index is 656. The molecule has 0 radical (unpaired) electrons. The van der Waals surface area contributed by atoms with E-state index in [1.165, 1.54) is 0 Å². The van der Waals surface area contributed by atoms with Crippen LogP contribution >= 0.6 is 0 Å². The number of nitrogens with zero attached hydrogens (tertiary/aromatic N) is 2. The van der Waals surface area contributed by atoms with Crippen molar-refractivity contribution >= 4 is 17.3 Å². The number of hydrogen-bond donors (Lipinski definition) is 1. The summed E-state index contributed by atoms with van der Waals surface area (Å²) in [6, 6.07) is 5.47. The summed E-state index contributed by atoms with van der Waals surface area (Å²) in [6.07, 6.45) is 1.57. The molecule has 0 aliphatic rings. The quantitative estimate of drug-likeness (QED) is 0.856. The van der Waals surface area contributed by atoms with Gasteiger partial charge in [0.15, 0.2) is 5.78 Å². The number of carbonyl (C=O) groups excluding carboxylic acids is 1. The molecule has 0 bridgehead atoms. The number of fused-ring (bicyclic) bond motifs is 1. The molecule has 0 spiro atoms. The Hall–Kier alpha value is -2.17. The van der Waals surface area contributed by atoms with Crippen LogP contribution in [-0.2, 0) is 4.79 Å². The Morgan fingerprint density at radius 3 is 2.68 bits per heavy atom. The molecule has 0 saturated carbocycles. The average molecular weight is 260 g/mol. The lowest BCUT2D eigenvalue weighted by molar-refractivity contribution is -0.138. The Kier molecular flexibility index (Phi) is 3.14. The van der Waals surface area contributed by atoms with Crippen molar-refractivity contribution in [2.24, 2.45) is 5.41 Å². The molecule has 2 aromatic rings. The monoisotopic (exact) mass is 260 g/mol. The standard InChI is InChI=1S/C14H16N2O3/c1-9-12(10-6-4-5-7-16(10)15-9)13(19)14(2,3)8-11(17)18/h4-7H,8H2,1-3H3,(H,17,18). The van der Waals surface area contributed by atoms with E-state index in [9.17, 15) is 9.59 Å². The van der Waals surface area contributed by atoms with E-state index in [1.54, 1.807) is 31.5 Å². The number of aliphatic carboxylic acids is 1. The second-order valence-electron chi connectivity index (χ2n) is 5.27. The van der Waals surface area contributed by atoms with Gasteiger partial charge in [-0.1, -0.05) is 19.9 Å².